The molecule has 0 aliphatic heterocycles. The molecule has 1 amide bonds. The van der Waals surface area contributed by atoms with Crippen molar-refractivity contribution in [2.24, 2.45) is 10.9 Å². The van der Waals surface area contributed by atoms with Gasteiger partial charge in [-0.3, -0.25) is 4.79 Å². The van der Waals surface area contributed by atoms with Gasteiger partial charge in [0.15, 0.2) is 5.84 Å². The number of oxime groups is 1. The molecule has 0 saturated carbocycles. The highest BCUT2D eigenvalue weighted by Crippen LogP contribution is 2.16. The van der Waals surface area contributed by atoms with Gasteiger partial charge in [0.25, 0.3) is 5.91 Å². The maximum atomic E-state index is 12.3. The Morgan fingerprint density at radius 1 is 1.38 bits per heavy atom. The first-order valence-electron chi connectivity index (χ1n) is 6.25. The normalized spacial score (nSPS) is 11.4. The van der Waals surface area contributed by atoms with Crippen molar-refractivity contribution in [3.8, 4) is 0 Å². The van der Waals surface area contributed by atoms with E-state index in [-0.39, 0.29) is 11.7 Å². The van der Waals surface area contributed by atoms with E-state index in [2.05, 4.69) is 10.1 Å². The topological polar surface area (TPSA) is 91.8 Å². The molecule has 110 valence electrons. The van der Waals surface area contributed by atoms with Gasteiger partial charge in [-0.1, -0.05) is 17.3 Å². The average molecular weight is 304 g/mol. The van der Waals surface area contributed by atoms with Gasteiger partial charge in [0.05, 0.1) is 17.7 Å². The van der Waals surface area contributed by atoms with Crippen LogP contribution in [0.1, 0.15) is 26.5 Å². The molecule has 1 aromatic carbocycles. The number of carbonyl (C=O) groups excluding carboxylic acids is 1. The van der Waals surface area contributed by atoms with E-state index in [0.29, 0.717) is 17.7 Å². The first-order chi connectivity index (χ1) is 10.0. The van der Waals surface area contributed by atoms with Crippen LogP contribution < -0.4 is 5.73 Å². The largest absolute Gasteiger partial charge is 0.409 e. The quantitative estimate of drug-likeness (QED) is 0.390. The highest BCUT2D eigenvalue weighted by atomic mass is 32.1. The maximum absolute atomic E-state index is 12.3. The molecule has 7 heteroatoms. The first-order valence-corrected chi connectivity index (χ1v) is 7.13. The molecular formula is C14H16N4O2S. The van der Waals surface area contributed by atoms with E-state index in [1.807, 2.05) is 6.92 Å². The number of amides is 1. The molecule has 0 aliphatic rings. The van der Waals surface area contributed by atoms with E-state index >= 15 is 0 Å². The summed E-state index contributed by atoms with van der Waals surface area (Å²) < 4.78 is 0. The molecular weight excluding hydrogens is 288 g/mol. The number of nitrogens with two attached hydrogens (primary N) is 1. The predicted molar refractivity (Wildman–Crippen MR) is 81.6 cm³/mol. The van der Waals surface area contributed by atoms with Gasteiger partial charge in [-0.15, -0.1) is 11.3 Å². The molecule has 0 radical (unpaired) electrons. The summed E-state index contributed by atoms with van der Waals surface area (Å²) in [5.41, 5.74) is 9.32. The third-order valence-electron chi connectivity index (χ3n) is 3.11. The van der Waals surface area contributed by atoms with Crippen molar-refractivity contribution in [3.05, 3.63) is 51.5 Å². The number of hydrogen-bond acceptors (Lipinski definition) is 5. The van der Waals surface area contributed by atoms with Gasteiger partial charge in [-0.2, -0.15) is 0 Å². The number of amidine groups is 1. The van der Waals surface area contributed by atoms with Crippen LogP contribution in [-0.2, 0) is 6.54 Å². The second-order valence-electron chi connectivity index (χ2n) is 4.58. The predicted octanol–water partition coefficient (Wildman–Crippen LogP) is 1.82. The zero-order valence-corrected chi connectivity index (χ0v) is 12.6. The highest BCUT2D eigenvalue weighted by Gasteiger charge is 2.14. The van der Waals surface area contributed by atoms with Crippen molar-refractivity contribution in [3.63, 3.8) is 0 Å². The minimum absolute atomic E-state index is 0.0163. The Morgan fingerprint density at radius 3 is 2.52 bits per heavy atom. The number of benzene rings is 1. The fourth-order valence-electron chi connectivity index (χ4n) is 1.83. The standard InChI is InChI=1S/C14H16N4O2S/c1-9-12(21-8-16-9)7-18(2)14(19)11-5-3-10(4-6-11)13(15)17-20/h3-6,8,20H,7H2,1-2H3,(H2,15,17). The lowest BCUT2D eigenvalue weighted by molar-refractivity contribution is 0.0786. The van der Waals surface area contributed by atoms with Gasteiger partial charge in [0.2, 0.25) is 0 Å². The van der Waals surface area contributed by atoms with Crippen LogP contribution in [0.5, 0.6) is 0 Å². The average Bonchev–Trinajstić information content (AvgIpc) is 2.91. The van der Waals surface area contributed by atoms with Gasteiger partial charge in [-0.05, 0) is 19.1 Å². The fourth-order valence-corrected chi connectivity index (χ4v) is 2.66. The summed E-state index contributed by atoms with van der Waals surface area (Å²) in [6.45, 7) is 2.45. The summed E-state index contributed by atoms with van der Waals surface area (Å²) >= 11 is 1.53. The summed E-state index contributed by atoms with van der Waals surface area (Å²) in [4.78, 5) is 19.2. The summed E-state index contributed by atoms with van der Waals surface area (Å²) in [6.07, 6.45) is 0. The Hall–Kier alpha value is -2.41. The smallest absolute Gasteiger partial charge is 0.253 e. The molecule has 0 saturated heterocycles. The molecule has 0 unspecified atom stereocenters. The lowest BCUT2D eigenvalue weighted by Gasteiger charge is -2.16. The summed E-state index contributed by atoms with van der Waals surface area (Å²) in [5, 5.41) is 11.5. The maximum Gasteiger partial charge on any atom is 0.253 e. The number of thiazole rings is 1. The van der Waals surface area contributed by atoms with Crippen molar-refractivity contribution in [2.45, 2.75) is 13.5 Å². The summed E-state index contributed by atoms with van der Waals surface area (Å²) in [7, 11) is 1.75. The number of rotatable bonds is 4. The van der Waals surface area contributed by atoms with Crippen molar-refractivity contribution in [1.29, 1.82) is 0 Å². The Balaban J connectivity index is 2.10. The van der Waals surface area contributed by atoms with E-state index in [0.717, 1.165) is 10.6 Å². The van der Waals surface area contributed by atoms with Crippen molar-refractivity contribution >= 4 is 23.1 Å². The molecule has 0 aliphatic carbocycles. The van der Waals surface area contributed by atoms with E-state index in [4.69, 9.17) is 10.9 Å². The molecule has 2 aromatic rings. The van der Waals surface area contributed by atoms with Crippen LogP contribution in [0.15, 0.2) is 34.9 Å². The van der Waals surface area contributed by atoms with E-state index in [9.17, 15) is 4.79 Å². The third-order valence-corrected chi connectivity index (χ3v) is 4.03. The van der Waals surface area contributed by atoms with Crippen LogP contribution in [0.25, 0.3) is 0 Å². The van der Waals surface area contributed by atoms with Crippen LogP contribution in [-0.4, -0.2) is 33.9 Å². The minimum Gasteiger partial charge on any atom is -0.409 e. The zero-order chi connectivity index (χ0) is 15.4. The molecule has 1 aromatic heterocycles. The second kappa shape index (κ2) is 6.36. The number of nitrogens with zero attached hydrogens (tertiary/aromatic N) is 3. The van der Waals surface area contributed by atoms with E-state index < -0.39 is 0 Å². The van der Waals surface area contributed by atoms with Crippen molar-refractivity contribution < 1.29 is 10.0 Å². The first kappa shape index (κ1) is 15.0. The van der Waals surface area contributed by atoms with E-state index in [1.165, 1.54) is 11.3 Å². The third kappa shape index (κ3) is 3.38. The van der Waals surface area contributed by atoms with Gasteiger partial charge >= 0.3 is 0 Å². The molecule has 0 fully saturated rings. The Kier molecular flexibility index (Phi) is 4.54. The van der Waals surface area contributed by atoms with Crippen LogP contribution in [0, 0.1) is 6.92 Å². The number of hydrogen-bond donors (Lipinski definition) is 2. The number of aromatic nitrogens is 1. The monoisotopic (exact) mass is 304 g/mol. The lowest BCUT2D eigenvalue weighted by Crippen LogP contribution is -2.26. The Bertz CT molecular complexity index is 664. The molecule has 0 spiro atoms. The van der Waals surface area contributed by atoms with Gasteiger partial charge in [0, 0.05) is 23.1 Å². The van der Waals surface area contributed by atoms with Gasteiger partial charge in [-0.25, -0.2) is 4.98 Å². The Morgan fingerprint density at radius 2 is 2.00 bits per heavy atom. The molecule has 3 N–H and O–H groups in total. The van der Waals surface area contributed by atoms with E-state index in [1.54, 1.807) is 41.7 Å². The highest BCUT2D eigenvalue weighted by molar-refractivity contribution is 7.09. The lowest BCUT2D eigenvalue weighted by atomic mass is 10.1. The van der Waals surface area contributed by atoms with Crippen LogP contribution in [0.4, 0.5) is 0 Å². The minimum atomic E-state index is -0.0890. The summed E-state index contributed by atoms with van der Waals surface area (Å²) in [5.74, 6) is -0.0727. The van der Waals surface area contributed by atoms with Gasteiger partial charge < -0.3 is 15.8 Å². The van der Waals surface area contributed by atoms with Crippen LogP contribution in [0.3, 0.4) is 0 Å². The Labute approximate surface area is 126 Å². The number of aryl methyl sites for hydroxylation is 1. The second-order valence-corrected chi connectivity index (χ2v) is 5.52. The molecule has 0 atom stereocenters. The zero-order valence-electron chi connectivity index (χ0n) is 11.8. The van der Waals surface area contributed by atoms with Crippen molar-refractivity contribution in [2.75, 3.05) is 7.05 Å². The molecule has 2 rings (SSSR count). The molecule has 6 nitrogen and oxygen atoms in total. The molecule has 21 heavy (non-hydrogen) atoms. The fraction of sp³-hybridized carbons (Fsp3) is 0.214. The van der Waals surface area contributed by atoms with Crippen molar-refractivity contribution in [1.82, 2.24) is 9.88 Å². The SMILES string of the molecule is Cc1ncsc1CN(C)C(=O)c1ccc(C(N)=NO)cc1. The summed E-state index contributed by atoms with van der Waals surface area (Å²) in [6, 6.07) is 6.61. The van der Waals surface area contributed by atoms with Crippen LogP contribution >= 0.6 is 11.3 Å². The molecule has 0 bridgehead atoms. The van der Waals surface area contributed by atoms with Gasteiger partial charge in [0.1, 0.15) is 0 Å². The molecule has 1 heterocycles. The van der Waals surface area contributed by atoms with Crippen LogP contribution in [0.2, 0.25) is 0 Å². The number of carbonyl (C=O) groups is 1.